The molecule has 0 radical (unpaired) electrons. The number of aliphatic hydroxyl groups is 1. The van der Waals surface area contributed by atoms with Gasteiger partial charge in [-0.3, -0.25) is 4.79 Å². The van der Waals surface area contributed by atoms with Gasteiger partial charge in [-0.25, -0.2) is 0 Å². The third-order valence-electron chi connectivity index (χ3n) is 2.66. The molecule has 0 amide bonds. The summed E-state index contributed by atoms with van der Waals surface area (Å²) >= 11 is 1.54. The SMILES string of the molecule is CC1(C)CC(=O)C(c2ccsc2)=C(O)C1. The first-order valence-electron chi connectivity index (χ1n) is 4.97. The summed E-state index contributed by atoms with van der Waals surface area (Å²) in [6, 6.07) is 1.88. The van der Waals surface area contributed by atoms with Crippen molar-refractivity contribution in [3.8, 4) is 0 Å². The van der Waals surface area contributed by atoms with Gasteiger partial charge in [0.15, 0.2) is 5.78 Å². The molecular formula is C12H14O2S. The first-order chi connectivity index (χ1) is 6.99. The highest BCUT2D eigenvalue weighted by Crippen LogP contribution is 2.39. The first kappa shape index (κ1) is 10.4. The Kier molecular flexibility index (Phi) is 2.43. The number of carbonyl (C=O) groups is 1. The van der Waals surface area contributed by atoms with Crippen molar-refractivity contribution < 1.29 is 9.90 Å². The topological polar surface area (TPSA) is 37.3 Å². The Morgan fingerprint density at radius 2 is 2.13 bits per heavy atom. The van der Waals surface area contributed by atoms with Crippen LogP contribution in [0.5, 0.6) is 0 Å². The van der Waals surface area contributed by atoms with Crippen LogP contribution in [0.25, 0.3) is 5.57 Å². The molecule has 1 aromatic heterocycles. The van der Waals surface area contributed by atoms with Crippen molar-refractivity contribution in [3.63, 3.8) is 0 Å². The van der Waals surface area contributed by atoms with Crippen LogP contribution >= 0.6 is 11.3 Å². The minimum absolute atomic E-state index is 0.0575. The highest BCUT2D eigenvalue weighted by Gasteiger charge is 2.33. The molecule has 0 saturated heterocycles. The molecule has 0 fully saturated rings. The van der Waals surface area contributed by atoms with Crippen LogP contribution in [0.1, 0.15) is 32.3 Å². The van der Waals surface area contributed by atoms with Crippen LogP contribution in [0.2, 0.25) is 0 Å². The summed E-state index contributed by atoms with van der Waals surface area (Å²) in [6.07, 6.45) is 1.10. The lowest BCUT2D eigenvalue weighted by molar-refractivity contribution is -0.116. The number of Topliss-reactive ketones (excluding diaryl/α,β-unsaturated/α-hetero) is 1. The molecule has 0 saturated carbocycles. The van der Waals surface area contributed by atoms with E-state index in [0.717, 1.165) is 5.56 Å². The number of rotatable bonds is 1. The molecule has 1 N–H and O–H groups in total. The van der Waals surface area contributed by atoms with Crippen molar-refractivity contribution in [3.05, 3.63) is 28.1 Å². The Balaban J connectivity index is 2.44. The zero-order valence-electron chi connectivity index (χ0n) is 8.91. The van der Waals surface area contributed by atoms with Gasteiger partial charge in [0.25, 0.3) is 0 Å². The van der Waals surface area contributed by atoms with E-state index in [1.54, 1.807) is 0 Å². The molecule has 1 aromatic rings. The van der Waals surface area contributed by atoms with Crippen LogP contribution in [0.3, 0.4) is 0 Å². The maximum Gasteiger partial charge on any atom is 0.167 e. The van der Waals surface area contributed by atoms with Gasteiger partial charge in [0, 0.05) is 12.8 Å². The van der Waals surface area contributed by atoms with E-state index in [0.29, 0.717) is 18.4 Å². The minimum Gasteiger partial charge on any atom is -0.512 e. The third kappa shape index (κ3) is 1.97. The van der Waals surface area contributed by atoms with Gasteiger partial charge >= 0.3 is 0 Å². The van der Waals surface area contributed by atoms with Crippen LogP contribution in [-0.2, 0) is 4.79 Å². The number of hydrogen-bond donors (Lipinski definition) is 1. The van der Waals surface area contributed by atoms with Gasteiger partial charge in [-0.2, -0.15) is 11.3 Å². The molecule has 0 atom stereocenters. The molecule has 0 spiro atoms. The van der Waals surface area contributed by atoms with Crippen molar-refractivity contribution in [1.82, 2.24) is 0 Å². The summed E-state index contributed by atoms with van der Waals surface area (Å²) in [7, 11) is 0. The van der Waals surface area contributed by atoms with Crippen molar-refractivity contribution in [1.29, 1.82) is 0 Å². The van der Waals surface area contributed by atoms with Crippen LogP contribution in [-0.4, -0.2) is 10.9 Å². The van der Waals surface area contributed by atoms with E-state index in [1.807, 2.05) is 30.7 Å². The Morgan fingerprint density at radius 1 is 1.40 bits per heavy atom. The zero-order chi connectivity index (χ0) is 11.1. The fourth-order valence-electron chi connectivity index (χ4n) is 2.02. The largest absolute Gasteiger partial charge is 0.512 e. The number of ketones is 1. The van der Waals surface area contributed by atoms with Gasteiger partial charge in [0.2, 0.25) is 0 Å². The summed E-state index contributed by atoms with van der Waals surface area (Å²) in [6.45, 7) is 4.01. The number of aliphatic hydroxyl groups excluding tert-OH is 1. The van der Waals surface area contributed by atoms with E-state index >= 15 is 0 Å². The van der Waals surface area contributed by atoms with Crippen molar-refractivity contribution in [2.45, 2.75) is 26.7 Å². The normalized spacial score (nSPS) is 20.8. The zero-order valence-corrected chi connectivity index (χ0v) is 9.73. The summed E-state index contributed by atoms with van der Waals surface area (Å²) in [4.78, 5) is 11.9. The standard InChI is InChI=1S/C12H14O2S/c1-12(2)5-9(13)11(10(14)6-12)8-3-4-15-7-8/h3-4,7,13H,5-6H2,1-2H3. The smallest absolute Gasteiger partial charge is 0.167 e. The van der Waals surface area contributed by atoms with E-state index in [4.69, 9.17) is 0 Å². The number of allylic oxidation sites excluding steroid dienone is 2. The second-order valence-electron chi connectivity index (χ2n) is 4.77. The summed E-state index contributed by atoms with van der Waals surface area (Å²) in [5.41, 5.74) is 1.27. The lowest BCUT2D eigenvalue weighted by Crippen LogP contribution is -2.24. The highest BCUT2D eigenvalue weighted by molar-refractivity contribution is 7.08. The van der Waals surface area contributed by atoms with Gasteiger partial charge < -0.3 is 5.11 Å². The van der Waals surface area contributed by atoms with E-state index in [-0.39, 0.29) is 17.0 Å². The Morgan fingerprint density at radius 3 is 2.67 bits per heavy atom. The van der Waals surface area contributed by atoms with Gasteiger partial charge in [0.1, 0.15) is 5.76 Å². The Bertz CT molecular complexity index is 413. The lowest BCUT2D eigenvalue weighted by Gasteiger charge is -2.29. The summed E-state index contributed by atoms with van der Waals surface area (Å²) in [5, 5.41) is 13.7. The molecule has 0 bridgehead atoms. The van der Waals surface area contributed by atoms with Crippen LogP contribution in [0.4, 0.5) is 0 Å². The fourth-order valence-corrected chi connectivity index (χ4v) is 2.67. The van der Waals surface area contributed by atoms with E-state index < -0.39 is 0 Å². The highest BCUT2D eigenvalue weighted by atomic mass is 32.1. The van der Waals surface area contributed by atoms with Crippen LogP contribution in [0, 0.1) is 5.41 Å². The maximum atomic E-state index is 11.9. The van der Waals surface area contributed by atoms with Gasteiger partial charge in [0.05, 0.1) is 5.57 Å². The molecule has 0 unspecified atom stereocenters. The molecule has 80 valence electrons. The van der Waals surface area contributed by atoms with E-state index in [9.17, 15) is 9.90 Å². The molecule has 0 aromatic carbocycles. The quantitative estimate of drug-likeness (QED) is 0.790. The maximum absolute atomic E-state index is 11.9. The molecule has 0 aliphatic heterocycles. The Labute approximate surface area is 93.3 Å². The Hall–Kier alpha value is -1.09. The van der Waals surface area contributed by atoms with Crippen molar-refractivity contribution in [2.24, 2.45) is 5.41 Å². The molecule has 15 heavy (non-hydrogen) atoms. The lowest BCUT2D eigenvalue weighted by atomic mass is 9.75. The molecule has 1 heterocycles. The second-order valence-corrected chi connectivity index (χ2v) is 5.55. The molecular weight excluding hydrogens is 208 g/mol. The number of thiophene rings is 1. The monoisotopic (exact) mass is 222 g/mol. The number of carbonyl (C=O) groups excluding carboxylic acids is 1. The molecule has 1 aliphatic rings. The average molecular weight is 222 g/mol. The molecule has 1 aliphatic carbocycles. The summed E-state index contributed by atoms with van der Waals surface area (Å²) in [5.74, 6) is 0.303. The summed E-state index contributed by atoms with van der Waals surface area (Å²) < 4.78 is 0. The minimum atomic E-state index is -0.110. The average Bonchev–Trinajstić information content (AvgIpc) is 2.52. The molecule has 3 heteroatoms. The van der Waals surface area contributed by atoms with E-state index in [1.165, 1.54) is 11.3 Å². The first-order valence-corrected chi connectivity index (χ1v) is 5.92. The predicted molar refractivity (Wildman–Crippen MR) is 61.9 cm³/mol. The van der Waals surface area contributed by atoms with E-state index in [2.05, 4.69) is 0 Å². The second kappa shape index (κ2) is 3.49. The third-order valence-corrected chi connectivity index (χ3v) is 3.35. The van der Waals surface area contributed by atoms with Crippen LogP contribution < -0.4 is 0 Å². The number of hydrogen-bond acceptors (Lipinski definition) is 3. The predicted octanol–water partition coefficient (Wildman–Crippen LogP) is 3.41. The van der Waals surface area contributed by atoms with Crippen molar-refractivity contribution >= 4 is 22.7 Å². The molecule has 2 rings (SSSR count). The van der Waals surface area contributed by atoms with Crippen LogP contribution in [0.15, 0.2) is 22.6 Å². The van der Waals surface area contributed by atoms with Gasteiger partial charge in [-0.05, 0) is 27.8 Å². The van der Waals surface area contributed by atoms with Gasteiger partial charge in [-0.15, -0.1) is 0 Å². The fraction of sp³-hybridized carbons (Fsp3) is 0.417. The molecule has 2 nitrogen and oxygen atoms in total. The van der Waals surface area contributed by atoms with Gasteiger partial charge in [-0.1, -0.05) is 13.8 Å². The van der Waals surface area contributed by atoms with Crippen molar-refractivity contribution in [2.75, 3.05) is 0 Å².